The summed E-state index contributed by atoms with van der Waals surface area (Å²) >= 11 is 0. The van der Waals surface area contributed by atoms with Gasteiger partial charge in [0, 0.05) is 5.92 Å². The number of aliphatic carboxylic acids is 1. The van der Waals surface area contributed by atoms with Crippen LogP contribution in [0.15, 0.2) is 0 Å². The van der Waals surface area contributed by atoms with Gasteiger partial charge in [0.1, 0.15) is 0 Å². The normalized spacial score (nSPS) is 20.2. The molecular formula is C8H12N2O2. The molecule has 1 fully saturated rings. The summed E-state index contributed by atoms with van der Waals surface area (Å²) in [6.07, 6.45) is 1.62. The van der Waals surface area contributed by atoms with E-state index in [-0.39, 0.29) is 12.5 Å². The Balaban J connectivity index is 2.27. The summed E-state index contributed by atoms with van der Waals surface area (Å²) in [6.45, 7) is 1.59. The molecule has 0 amide bonds. The van der Waals surface area contributed by atoms with E-state index < -0.39 is 5.97 Å². The van der Waals surface area contributed by atoms with Gasteiger partial charge in [0.15, 0.2) is 0 Å². The van der Waals surface area contributed by atoms with E-state index in [4.69, 9.17) is 10.4 Å². The van der Waals surface area contributed by atoms with Gasteiger partial charge in [-0.15, -0.1) is 0 Å². The van der Waals surface area contributed by atoms with Gasteiger partial charge in [0.05, 0.1) is 12.6 Å². The van der Waals surface area contributed by atoms with E-state index in [0.29, 0.717) is 0 Å². The zero-order valence-corrected chi connectivity index (χ0v) is 6.86. The van der Waals surface area contributed by atoms with Crippen molar-refractivity contribution in [2.45, 2.75) is 12.8 Å². The highest BCUT2D eigenvalue weighted by Crippen LogP contribution is 2.15. The summed E-state index contributed by atoms with van der Waals surface area (Å²) in [7, 11) is 0. The van der Waals surface area contributed by atoms with Crippen LogP contribution in [0.2, 0.25) is 0 Å². The molecule has 1 heterocycles. The quantitative estimate of drug-likeness (QED) is 0.644. The van der Waals surface area contributed by atoms with Gasteiger partial charge in [0.25, 0.3) is 0 Å². The molecule has 0 saturated carbocycles. The lowest BCUT2D eigenvalue weighted by Crippen LogP contribution is -2.36. The van der Waals surface area contributed by atoms with Gasteiger partial charge >= 0.3 is 5.97 Å². The van der Waals surface area contributed by atoms with E-state index in [1.165, 1.54) is 0 Å². The Bertz CT molecular complexity index is 202. The lowest BCUT2D eigenvalue weighted by atomic mass is 9.99. The lowest BCUT2D eigenvalue weighted by Gasteiger charge is -2.27. The Kier molecular flexibility index (Phi) is 3.06. The molecule has 1 saturated heterocycles. The Hall–Kier alpha value is -1.08. The van der Waals surface area contributed by atoms with Gasteiger partial charge < -0.3 is 5.11 Å². The van der Waals surface area contributed by atoms with Gasteiger partial charge in [0.2, 0.25) is 0 Å². The van der Waals surface area contributed by atoms with Crippen LogP contribution in [0.3, 0.4) is 0 Å². The summed E-state index contributed by atoms with van der Waals surface area (Å²) in [4.78, 5) is 12.2. The minimum absolute atomic E-state index is 0.109. The van der Waals surface area contributed by atoms with Crippen molar-refractivity contribution < 1.29 is 9.90 Å². The number of rotatable bonds is 2. The summed E-state index contributed by atoms with van der Waals surface area (Å²) in [5, 5.41) is 17.1. The molecule has 1 aliphatic rings. The van der Waals surface area contributed by atoms with Crippen LogP contribution in [-0.2, 0) is 4.79 Å². The second-order valence-corrected chi connectivity index (χ2v) is 3.07. The van der Waals surface area contributed by atoms with E-state index in [1.54, 1.807) is 0 Å². The molecule has 0 spiro atoms. The van der Waals surface area contributed by atoms with Crippen molar-refractivity contribution in [2.24, 2.45) is 5.92 Å². The minimum Gasteiger partial charge on any atom is -0.480 e. The number of nitrogens with zero attached hydrogens (tertiary/aromatic N) is 2. The second-order valence-electron chi connectivity index (χ2n) is 3.07. The third-order valence-electron chi connectivity index (χ3n) is 2.13. The van der Waals surface area contributed by atoms with Crippen LogP contribution in [0, 0.1) is 17.2 Å². The standard InChI is InChI=1S/C8H12N2O2/c9-5-7-1-3-10(4-2-7)6-8(11)12/h7H,1-4,6H2,(H,11,12). The average molecular weight is 168 g/mol. The molecule has 4 nitrogen and oxygen atoms in total. The van der Waals surface area contributed by atoms with Crippen LogP contribution in [0.1, 0.15) is 12.8 Å². The fourth-order valence-corrected chi connectivity index (χ4v) is 1.41. The maximum Gasteiger partial charge on any atom is 0.317 e. The first kappa shape index (κ1) is 9.01. The highest BCUT2D eigenvalue weighted by Gasteiger charge is 2.19. The van der Waals surface area contributed by atoms with E-state index in [0.717, 1.165) is 25.9 Å². The minimum atomic E-state index is -0.787. The van der Waals surface area contributed by atoms with Crippen molar-refractivity contribution in [3.8, 4) is 6.07 Å². The first-order valence-corrected chi connectivity index (χ1v) is 4.06. The Morgan fingerprint density at radius 1 is 1.58 bits per heavy atom. The molecule has 4 heteroatoms. The zero-order valence-electron chi connectivity index (χ0n) is 6.86. The number of hydrogen-bond donors (Lipinski definition) is 1. The molecule has 1 rings (SSSR count). The Morgan fingerprint density at radius 2 is 2.17 bits per heavy atom. The number of likely N-dealkylation sites (tertiary alicyclic amines) is 1. The van der Waals surface area contributed by atoms with Crippen LogP contribution in [-0.4, -0.2) is 35.6 Å². The fourth-order valence-electron chi connectivity index (χ4n) is 1.41. The predicted molar refractivity (Wildman–Crippen MR) is 42.4 cm³/mol. The fraction of sp³-hybridized carbons (Fsp3) is 0.750. The molecule has 0 bridgehead atoms. The first-order valence-electron chi connectivity index (χ1n) is 4.06. The van der Waals surface area contributed by atoms with Crippen LogP contribution < -0.4 is 0 Å². The summed E-state index contributed by atoms with van der Waals surface area (Å²) < 4.78 is 0. The van der Waals surface area contributed by atoms with Gasteiger partial charge in [-0.1, -0.05) is 0 Å². The molecule has 0 atom stereocenters. The molecule has 0 unspecified atom stereocenters. The molecule has 66 valence electrons. The van der Waals surface area contributed by atoms with Crippen molar-refractivity contribution in [3.63, 3.8) is 0 Å². The number of hydrogen-bond acceptors (Lipinski definition) is 3. The van der Waals surface area contributed by atoms with E-state index in [9.17, 15) is 4.79 Å². The third-order valence-corrected chi connectivity index (χ3v) is 2.13. The van der Waals surface area contributed by atoms with Crippen LogP contribution in [0.5, 0.6) is 0 Å². The molecule has 1 aliphatic heterocycles. The van der Waals surface area contributed by atoms with Crippen molar-refractivity contribution in [1.29, 1.82) is 5.26 Å². The monoisotopic (exact) mass is 168 g/mol. The maximum atomic E-state index is 10.3. The van der Waals surface area contributed by atoms with E-state index in [2.05, 4.69) is 6.07 Å². The topological polar surface area (TPSA) is 64.3 Å². The van der Waals surface area contributed by atoms with Crippen molar-refractivity contribution >= 4 is 5.97 Å². The second kappa shape index (κ2) is 4.07. The molecule has 1 N–H and O–H groups in total. The molecule has 0 aromatic heterocycles. The molecule has 0 radical (unpaired) electrons. The predicted octanol–water partition coefficient (Wildman–Crippen LogP) is 0.307. The number of carboxylic acid groups (broad SMARTS) is 1. The Morgan fingerprint density at radius 3 is 2.58 bits per heavy atom. The largest absolute Gasteiger partial charge is 0.480 e. The molecule has 0 aromatic rings. The number of carboxylic acids is 1. The van der Waals surface area contributed by atoms with Gasteiger partial charge in [-0.05, 0) is 25.9 Å². The van der Waals surface area contributed by atoms with Crippen LogP contribution in [0.4, 0.5) is 0 Å². The highest BCUT2D eigenvalue weighted by atomic mass is 16.4. The van der Waals surface area contributed by atoms with Crippen molar-refractivity contribution in [3.05, 3.63) is 0 Å². The molecular weight excluding hydrogens is 156 g/mol. The number of piperidine rings is 1. The van der Waals surface area contributed by atoms with Crippen molar-refractivity contribution in [2.75, 3.05) is 19.6 Å². The number of nitriles is 1. The Labute approximate surface area is 71.4 Å². The summed E-state index contributed by atoms with van der Waals surface area (Å²) in [6, 6.07) is 2.20. The lowest BCUT2D eigenvalue weighted by molar-refractivity contribution is -0.138. The summed E-state index contributed by atoms with van der Waals surface area (Å²) in [5.41, 5.74) is 0. The highest BCUT2D eigenvalue weighted by molar-refractivity contribution is 5.69. The van der Waals surface area contributed by atoms with Crippen molar-refractivity contribution in [1.82, 2.24) is 4.90 Å². The average Bonchev–Trinajstić information content (AvgIpc) is 2.05. The number of carbonyl (C=O) groups is 1. The van der Waals surface area contributed by atoms with E-state index in [1.807, 2.05) is 4.90 Å². The summed E-state index contributed by atoms with van der Waals surface area (Å²) in [5.74, 6) is -0.652. The van der Waals surface area contributed by atoms with Crippen LogP contribution in [0.25, 0.3) is 0 Å². The smallest absolute Gasteiger partial charge is 0.317 e. The molecule has 12 heavy (non-hydrogen) atoms. The van der Waals surface area contributed by atoms with Gasteiger partial charge in [-0.3, -0.25) is 9.69 Å². The van der Waals surface area contributed by atoms with Crippen LogP contribution >= 0.6 is 0 Å². The molecule has 0 aliphatic carbocycles. The van der Waals surface area contributed by atoms with Gasteiger partial charge in [-0.2, -0.15) is 5.26 Å². The zero-order chi connectivity index (χ0) is 8.97. The first-order chi connectivity index (χ1) is 5.72. The molecule has 0 aromatic carbocycles. The third kappa shape index (κ3) is 2.51. The van der Waals surface area contributed by atoms with Gasteiger partial charge in [-0.25, -0.2) is 0 Å². The maximum absolute atomic E-state index is 10.3. The van der Waals surface area contributed by atoms with E-state index >= 15 is 0 Å². The SMILES string of the molecule is N#CC1CCN(CC(=O)O)CC1.